The Hall–Kier alpha value is -0.370. The Balaban J connectivity index is 2.46. The van der Waals surface area contributed by atoms with Crippen LogP contribution in [-0.4, -0.2) is 19.0 Å². The van der Waals surface area contributed by atoms with Gasteiger partial charge in [0.25, 0.3) is 0 Å². The number of carbonyl (C=O) groups is 1. The molecule has 0 saturated carbocycles. The van der Waals surface area contributed by atoms with E-state index in [1.807, 2.05) is 0 Å². The summed E-state index contributed by atoms with van der Waals surface area (Å²) in [5.41, 5.74) is 0. The number of rotatable bonds is 3. The molecule has 0 radical (unpaired) electrons. The lowest BCUT2D eigenvalue weighted by Crippen LogP contribution is -2.20. The zero-order valence-electron chi connectivity index (χ0n) is 8.17. The fourth-order valence-corrected chi connectivity index (χ4v) is 1.93. The summed E-state index contributed by atoms with van der Waals surface area (Å²) in [6, 6.07) is 0. The van der Waals surface area contributed by atoms with Crippen LogP contribution in [0.5, 0.6) is 0 Å². The second kappa shape index (κ2) is 4.04. The smallest absolute Gasteiger partial charge is 0.130 e. The number of ether oxygens (including phenoxy) is 1. The van der Waals surface area contributed by atoms with Gasteiger partial charge in [-0.05, 0) is 24.7 Å². The molecule has 1 saturated heterocycles. The third-order valence-electron chi connectivity index (χ3n) is 2.65. The van der Waals surface area contributed by atoms with Crippen LogP contribution in [0.1, 0.15) is 27.2 Å². The van der Waals surface area contributed by atoms with E-state index in [9.17, 15) is 4.79 Å². The average molecular weight is 170 g/mol. The number of hydrogen-bond acceptors (Lipinski definition) is 2. The van der Waals surface area contributed by atoms with Gasteiger partial charge >= 0.3 is 0 Å². The van der Waals surface area contributed by atoms with E-state index >= 15 is 0 Å². The van der Waals surface area contributed by atoms with Crippen LogP contribution in [0.3, 0.4) is 0 Å². The number of ketones is 1. The number of hydrogen-bond donors (Lipinski definition) is 0. The van der Waals surface area contributed by atoms with E-state index in [1.54, 1.807) is 6.92 Å². The molecule has 1 aliphatic heterocycles. The van der Waals surface area contributed by atoms with E-state index in [0.29, 0.717) is 24.2 Å². The topological polar surface area (TPSA) is 26.3 Å². The molecule has 0 N–H and O–H groups in total. The highest BCUT2D eigenvalue weighted by molar-refractivity contribution is 5.75. The third kappa shape index (κ3) is 2.31. The summed E-state index contributed by atoms with van der Waals surface area (Å²) in [6.07, 6.45) is 0.697. The predicted octanol–water partition coefficient (Wildman–Crippen LogP) is 1.88. The minimum atomic E-state index is 0.288. The van der Waals surface area contributed by atoms with Crippen LogP contribution in [0.2, 0.25) is 0 Å². The molecule has 0 aromatic rings. The Kier molecular flexibility index (Phi) is 3.27. The van der Waals surface area contributed by atoms with Gasteiger partial charge in [-0.3, -0.25) is 0 Å². The molecule has 0 unspecified atom stereocenters. The van der Waals surface area contributed by atoms with E-state index in [0.717, 1.165) is 13.2 Å². The summed E-state index contributed by atoms with van der Waals surface area (Å²) in [7, 11) is 0. The highest BCUT2D eigenvalue weighted by Gasteiger charge is 2.30. The van der Waals surface area contributed by atoms with E-state index in [4.69, 9.17) is 4.74 Å². The summed E-state index contributed by atoms with van der Waals surface area (Å²) >= 11 is 0. The highest BCUT2D eigenvalue weighted by Crippen LogP contribution is 2.29. The lowest BCUT2D eigenvalue weighted by Gasteiger charge is -2.19. The first-order chi connectivity index (χ1) is 5.61. The molecule has 2 atom stereocenters. The second-order valence-electron chi connectivity index (χ2n) is 4.11. The maximum atomic E-state index is 10.9. The van der Waals surface area contributed by atoms with Gasteiger partial charge in [-0.25, -0.2) is 0 Å². The molecule has 1 rings (SSSR count). The summed E-state index contributed by atoms with van der Waals surface area (Å²) in [4.78, 5) is 10.9. The molecule has 0 spiro atoms. The SMILES string of the molecule is CC(=O)C[C@H]1COC[C@@H]1C(C)C. The van der Waals surface area contributed by atoms with Crippen molar-refractivity contribution in [2.75, 3.05) is 13.2 Å². The zero-order valence-corrected chi connectivity index (χ0v) is 8.17. The Morgan fingerprint density at radius 2 is 2.17 bits per heavy atom. The van der Waals surface area contributed by atoms with Crippen molar-refractivity contribution >= 4 is 5.78 Å². The first-order valence-electron chi connectivity index (χ1n) is 4.68. The number of Topliss-reactive ketones (excluding diaryl/α,β-unsaturated/α-hetero) is 1. The van der Waals surface area contributed by atoms with Gasteiger partial charge in [0.15, 0.2) is 0 Å². The highest BCUT2D eigenvalue weighted by atomic mass is 16.5. The lowest BCUT2D eigenvalue weighted by atomic mass is 9.83. The summed E-state index contributed by atoms with van der Waals surface area (Å²) < 4.78 is 5.38. The van der Waals surface area contributed by atoms with Crippen LogP contribution in [-0.2, 0) is 9.53 Å². The van der Waals surface area contributed by atoms with Gasteiger partial charge < -0.3 is 9.53 Å². The molecule has 12 heavy (non-hydrogen) atoms. The average Bonchev–Trinajstić information content (AvgIpc) is 2.33. The van der Waals surface area contributed by atoms with Crippen molar-refractivity contribution in [2.45, 2.75) is 27.2 Å². The van der Waals surface area contributed by atoms with E-state index in [1.165, 1.54) is 0 Å². The minimum absolute atomic E-state index is 0.288. The van der Waals surface area contributed by atoms with Crippen molar-refractivity contribution in [1.29, 1.82) is 0 Å². The van der Waals surface area contributed by atoms with Gasteiger partial charge in [0.1, 0.15) is 5.78 Å². The monoisotopic (exact) mass is 170 g/mol. The van der Waals surface area contributed by atoms with Gasteiger partial charge in [-0.2, -0.15) is 0 Å². The standard InChI is InChI=1S/C10H18O2/c1-7(2)10-6-12-5-9(10)4-8(3)11/h7,9-10H,4-6H2,1-3H3/t9-,10+/m0/s1. The van der Waals surface area contributed by atoms with Crippen molar-refractivity contribution in [3.63, 3.8) is 0 Å². The molecule has 1 heterocycles. The van der Waals surface area contributed by atoms with Crippen LogP contribution in [0.15, 0.2) is 0 Å². The first-order valence-corrected chi connectivity index (χ1v) is 4.68. The second-order valence-corrected chi connectivity index (χ2v) is 4.11. The van der Waals surface area contributed by atoms with Crippen LogP contribution >= 0.6 is 0 Å². The Morgan fingerprint density at radius 3 is 2.67 bits per heavy atom. The molecule has 1 fully saturated rings. The van der Waals surface area contributed by atoms with Crippen LogP contribution in [0.4, 0.5) is 0 Å². The molecule has 0 amide bonds. The van der Waals surface area contributed by atoms with Gasteiger partial charge in [0.2, 0.25) is 0 Å². The first kappa shape index (κ1) is 9.72. The van der Waals surface area contributed by atoms with Gasteiger partial charge in [0, 0.05) is 6.42 Å². The summed E-state index contributed by atoms with van der Waals surface area (Å²) in [5, 5.41) is 0. The van der Waals surface area contributed by atoms with Crippen molar-refractivity contribution in [3.8, 4) is 0 Å². The molecule has 0 aromatic carbocycles. The van der Waals surface area contributed by atoms with Crippen molar-refractivity contribution in [2.24, 2.45) is 17.8 Å². The lowest BCUT2D eigenvalue weighted by molar-refractivity contribution is -0.118. The quantitative estimate of drug-likeness (QED) is 0.646. The maximum absolute atomic E-state index is 10.9. The van der Waals surface area contributed by atoms with E-state index < -0.39 is 0 Å². The summed E-state index contributed by atoms with van der Waals surface area (Å²) in [6.45, 7) is 7.69. The van der Waals surface area contributed by atoms with Gasteiger partial charge in [-0.1, -0.05) is 13.8 Å². The van der Waals surface area contributed by atoms with Gasteiger partial charge in [-0.15, -0.1) is 0 Å². The van der Waals surface area contributed by atoms with Crippen molar-refractivity contribution < 1.29 is 9.53 Å². The fraction of sp³-hybridized carbons (Fsp3) is 0.900. The Morgan fingerprint density at radius 1 is 1.50 bits per heavy atom. The van der Waals surface area contributed by atoms with Crippen molar-refractivity contribution in [3.05, 3.63) is 0 Å². The van der Waals surface area contributed by atoms with E-state index in [2.05, 4.69) is 13.8 Å². The Bertz CT molecular complexity index is 163. The molecule has 0 aliphatic carbocycles. The zero-order chi connectivity index (χ0) is 9.14. The molecule has 70 valence electrons. The summed E-state index contributed by atoms with van der Waals surface area (Å²) in [5.74, 6) is 1.99. The normalized spacial score (nSPS) is 29.7. The molecular formula is C10H18O2. The molecule has 0 bridgehead atoms. The maximum Gasteiger partial charge on any atom is 0.130 e. The third-order valence-corrected chi connectivity index (χ3v) is 2.65. The fourth-order valence-electron chi connectivity index (χ4n) is 1.93. The van der Waals surface area contributed by atoms with Crippen molar-refractivity contribution in [1.82, 2.24) is 0 Å². The number of carbonyl (C=O) groups excluding carboxylic acids is 1. The molecule has 1 aliphatic rings. The molecule has 2 nitrogen and oxygen atoms in total. The molecule has 0 aromatic heterocycles. The predicted molar refractivity (Wildman–Crippen MR) is 47.9 cm³/mol. The largest absolute Gasteiger partial charge is 0.381 e. The van der Waals surface area contributed by atoms with Crippen LogP contribution in [0, 0.1) is 17.8 Å². The molecular weight excluding hydrogens is 152 g/mol. The van der Waals surface area contributed by atoms with Gasteiger partial charge in [0.05, 0.1) is 13.2 Å². The van der Waals surface area contributed by atoms with E-state index in [-0.39, 0.29) is 5.78 Å². The molecule has 2 heteroatoms. The Labute approximate surface area is 74.3 Å². The van der Waals surface area contributed by atoms with Crippen LogP contribution in [0.25, 0.3) is 0 Å². The van der Waals surface area contributed by atoms with Crippen LogP contribution < -0.4 is 0 Å². The minimum Gasteiger partial charge on any atom is -0.381 e.